The van der Waals surface area contributed by atoms with E-state index in [0.717, 1.165) is 26.1 Å². The van der Waals surface area contributed by atoms with Crippen molar-refractivity contribution in [1.29, 1.82) is 0 Å². The largest absolute Gasteiger partial charge is 0.381 e. The minimum Gasteiger partial charge on any atom is -0.381 e. The second-order valence-corrected chi connectivity index (χ2v) is 8.24. The molecule has 124 valence electrons. The highest BCUT2D eigenvalue weighted by atomic mass is 32.2. The van der Waals surface area contributed by atoms with Crippen molar-refractivity contribution in [3.05, 3.63) is 35.1 Å². The maximum Gasteiger partial charge on any atom is 0.151 e. The highest BCUT2D eigenvalue weighted by Gasteiger charge is 2.20. The molecule has 1 N–H and O–H groups in total. The molecule has 1 fully saturated rings. The van der Waals surface area contributed by atoms with Crippen molar-refractivity contribution in [2.75, 3.05) is 19.5 Å². The maximum atomic E-state index is 13.5. The van der Waals surface area contributed by atoms with Gasteiger partial charge in [-0.3, -0.25) is 0 Å². The number of hydrogen-bond acceptors (Lipinski definition) is 4. The van der Waals surface area contributed by atoms with Crippen LogP contribution < -0.4 is 5.32 Å². The summed E-state index contributed by atoms with van der Waals surface area (Å²) in [5.41, 5.74) is 1.37. The predicted octanol–water partition coefficient (Wildman–Crippen LogP) is 2.28. The molecule has 1 aromatic rings. The second kappa shape index (κ2) is 7.53. The van der Waals surface area contributed by atoms with Gasteiger partial charge < -0.3 is 10.1 Å². The Hall–Kier alpha value is -0.980. The van der Waals surface area contributed by atoms with Gasteiger partial charge in [-0.15, -0.1) is 0 Å². The summed E-state index contributed by atoms with van der Waals surface area (Å²) < 4.78 is 41.8. The molecular weight excluding hydrogens is 305 g/mol. The van der Waals surface area contributed by atoms with Gasteiger partial charge in [0.2, 0.25) is 0 Å². The average molecular weight is 329 g/mol. The quantitative estimate of drug-likeness (QED) is 0.870. The maximum absolute atomic E-state index is 13.5. The Morgan fingerprint density at radius 3 is 2.64 bits per heavy atom. The van der Waals surface area contributed by atoms with Crippen LogP contribution in [-0.4, -0.2) is 33.9 Å². The van der Waals surface area contributed by atoms with E-state index in [-0.39, 0.29) is 11.6 Å². The smallest absolute Gasteiger partial charge is 0.151 e. The van der Waals surface area contributed by atoms with Crippen molar-refractivity contribution >= 4 is 9.84 Å². The van der Waals surface area contributed by atoms with Crippen molar-refractivity contribution in [3.8, 4) is 0 Å². The zero-order chi connectivity index (χ0) is 16.2. The summed E-state index contributed by atoms with van der Waals surface area (Å²) in [5.74, 6) is 0.143. The number of benzene rings is 1. The minimum atomic E-state index is -3.14. The Balaban J connectivity index is 2.03. The van der Waals surface area contributed by atoms with E-state index < -0.39 is 9.84 Å². The van der Waals surface area contributed by atoms with Gasteiger partial charge in [-0.2, -0.15) is 0 Å². The van der Waals surface area contributed by atoms with Gasteiger partial charge in [0.1, 0.15) is 5.82 Å². The van der Waals surface area contributed by atoms with Gasteiger partial charge in [0.25, 0.3) is 0 Å². The second-order valence-electron chi connectivity index (χ2n) is 6.10. The van der Waals surface area contributed by atoms with E-state index in [2.05, 4.69) is 12.2 Å². The Morgan fingerprint density at radius 2 is 2.00 bits per heavy atom. The summed E-state index contributed by atoms with van der Waals surface area (Å²) in [6.07, 6.45) is 3.24. The van der Waals surface area contributed by atoms with E-state index in [4.69, 9.17) is 4.74 Å². The summed E-state index contributed by atoms with van der Waals surface area (Å²) in [4.78, 5) is 0. The summed E-state index contributed by atoms with van der Waals surface area (Å²) in [5, 5.41) is 3.40. The van der Waals surface area contributed by atoms with Crippen LogP contribution in [0.5, 0.6) is 0 Å². The van der Waals surface area contributed by atoms with Gasteiger partial charge in [-0.1, -0.05) is 6.07 Å². The zero-order valence-electron chi connectivity index (χ0n) is 13.1. The minimum absolute atomic E-state index is 0.0596. The van der Waals surface area contributed by atoms with Crippen LogP contribution in [-0.2, 0) is 26.9 Å². The molecule has 1 aliphatic rings. The first-order chi connectivity index (χ1) is 10.3. The van der Waals surface area contributed by atoms with E-state index >= 15 is 0 Å². The third-order valence-electron chi connectivity index (χ3n) is 4.17. The lowest BCUT2D eigenvalue weighted by atomic mass is 9.92. The van der Waals surface area contributed by atoms with E-state index in [9.17, 15) is 12.8 Å². The summed E-state index contributed by atoms with van der Waals surface area (Å²) in [7, 11) is -3.14. The normalized spacial score (nSPS) is 18.3. The molecule has 6 heteroatoms. The number of ether oxygens (including phenoxy) is 1. The molecule has 1 atom stereocenters. The van der Waals surface area contributed by atoms with Crippen LogP contribution in [0.15, 0.2) is 18.2 Å². The Kier molecular flexibility index (Phi) is 5.94. The summed E-state index contributed by atoms with van der Waals surface area (Å²) >= 11 is 0. The monoisotopic (exact) mass is 329 g/mol. The molecule has 22 heavy (non-hydrogen) atoms. The lowest BCUT2D eigenvalue weighted by molar-refractivity contribution is 0.0558. The van der Waals surface area contributed by atoms with E-state index in [1.165, 1.54) is 18.4 Å². The molecule has 2 rings (SSSR count). The molecule has 0 spiro atoms. The van der Waals surface area contributed by atoms with Crippen LogP contribution in [0, 0.1) is 11.7 Å². The third-order valence-corrected chi connectivity index (χ3v) is 5.01. The van der Waals surface area contributed by atoms with Gasteiger partial charge in [0.05, 0.1) is 5.75 Å². The highest BCUT2D eigenvalue weighted by molar-refractivity contribution is 7.89. The SMILES string of the molecule is C[C@H](NCc1cc(F)ccc1CS(C)(=O)=O)C1CCOCC1. The number of hydrogen-bond donors (Lipinski definition) is 1. The molecule has 1 aliphatic heterocycles. The molecule has 0 aromatic heterocycles. The first kappa shape index (κ1) is 17.4. The Bertz CT molecular complexity index is 597. The average Bonchev–Trinajstić information content (AvgIpc) is 2.47. The third kappa shape index (κ3) is 5.34. The van der Waals surface area contributed by atoms with E-state index in [1.807, 2.05) is 0 Å². The van der Waals surface area contributed by atoms with Crippen LogP contribution in [0.25, 0.3) is 0 Å². The molecule has 0 bridgehead atoms. The fraction of sp³-hybridized carbons (Fsp3) is 0.625. The lowest BCUT2D eigenvalue weighted by Gasteiger charge is -2.28. The van der Waals surface area contributed by atoms with Crippen LogP contribution >= 0.6 is 0 Å². The van der Waals surface area contributed by atoms with Crippen molar-refractivity contribution in [3.63, 3.8) is 0 Å². The van der Waals surface area contributed by atoms with Gasteiger partial charge in [-0.05, 0) is 48.9 Å². The van der Waals surface area contributed by atoms with Crippen LogP contribution in [0.1, 0.15) is 30.9 Å². The molecule has 4 nitrogen and oxygen atoms in total. The molecular formula is C16H24FNO3S. The molecule has 0 unspecified atom stereocenters. The van der Waals surface area contributed by atoms with Crippen molar-refractivity contribution in [2.24, 2.45) is 5.92 Å². The summed E-state index contributed by atoms with van der Waals surface area (Å²) in [6.45, 7) is 4.17. The van der Waals surface area contributed by atoms with Crippen LogP contribution in [0.3, 0.4) is 0 Å². The number of sulfone groups is 1. The number of halogens is 1. The molecule has 1 aromatic carbocycles. The fourth-order valence-electron chi connectivity index (χ4n) is 2.84. The number of rotatable bonds is 6. The van der Waals surface area contributed by atoms with Gasteiger partial charge in [0.15, 0.2) is 9.84 Å². The van der Waals surface area contributed by atoms with Gasteiger partial charge in [-0.25, -0.2) is 12.8 Å². The molecule has 1 heterocycles. The van der Waals surface area contributed by atoms with Gasteiger partial charge in [0, 0.05) is 32.1 Å². The first-order valence-corrected chi connectivity index (χ1v) is 9.67. The number of nitrogens with one attached hydrogen (secondary N) is 1. The Morgan fingerprint density at radius 1 is 1.32 bits per heavy atom. The topological polar surface area (TPSA) is 55.4 Å². The molecule has 1 saturated heterocycles. The standard InChI is InChI=1S/C16H24FNO3S/c1-12(13-5-7-21-8-6-13)18-10-15-9-16(17)4-3-14(15)11-22(2,19)20/h3-4,9,12-13,18H,5-8,10-11H2,1-2H3/t12-/m0/s1. The zero-order valence-corrected chi connectivity index (χ0v) is 14.0. The van der Waals surface area contributed by atoms with Gasteiger partial charge >= 0.3 is 0 Å². The van der Waals surface area contributed by atoms with Crippen molar-refractivity contribution in [1.82, 2.24) is 5.32 Å². The first-order valence-electron chi connectivity index (χ1n) is 7.61. The predicted molar refractivity (Wildman–Crippen MR) is 84.8 cm³/mol. The highest BCUT2D eigenvalue weighted by Crippen LogP contribution is 2.20. The van der Waals surface area contributed by atoms with Crippen molar-refractivity contribution < 1.29 is 17.5 Å². The lowest BCUT2D eigenvalue weighted by Crippen LogP contribution is -2.36. The molecule has 0 radical (unpaired) electrons. The molecule has 0 aliphatic carbocycles. The van der Waals surface area contributed by atoms with Crippen molar-refractivity contribution in [2.45, 2.75) is 38.1 Å². The Labute approximate surface area is 132 Å². The van der Waals surface area contributed by atoms with Crippen LogP contribution in [0.2, 0.25) is 0 Å². The summed E-state index contributed by atoms with van der Waals surface area (Å²) in [6, 6.07) is 4.58. The van der Waals surface area contributed by atoms with E-state index in [1.54, 1.807) is 6.07 Å². The molecule has 0 amide bonds. The van der Waals surface area contributed by atoms with E-state index in [0.29, 0.717) is 29.6 Å². The fourth-order valence-corrected chi connectivity index (χ4v) is 3.68. The van der Waals surface area contributed by atoms with Crippen LogP contribution in [0.4, 0.5) is 4.39 Å². The molecule has 0 saturated carbocycles.